The smallest absolute Gasteiger partial charge is 0.298 e. The van der Waals surface area contributed by atoms with E-state index < -0.39 is 0 Å². The summed E-state index contributed by atoms with van der Waals surface area (Å²) in [5.74, 6) is -0.204. The first-order valence-corrected chi connectivity index (χ1v) is 10.0. The van der Waals surface area contributed by atoms with Crippen LogP contribution in [0.15, 0.2) is 40.8 Å². The van der Waals surface area contributed by atoms with Crippen LogP contribution in [0.5, 0.6) is 0 Å². The number of aromatic nitrogens is 2. The van der Waals surface area contributed by atoms with Crippen LogP contribution >= 0.6 is 0 Å². The maximum atomic E-state index is 13.8. The summed E-state index contributed by atoms with van der Waals surface area (Å²) in [6, 6.07) is 11.7. The molecule has 29 heavy (non-hydrogen) atoms. The highest BCUT2D eigenvalue weighted by molar-refractivity contribution is 5.90. The second-order valence-electron chi connectivity index (χ2n) is 7.66. The van der Waals surface area contributed by atoms with E-state index in [0.29, 0.717) is 19.2 Å². The Morgan fingerprint density at radius 2 is 1.93 bits per heavy atom. The number of H-pyrrole nitrogens is 1. The minimum Gasteiger partial charge on any atom is -0.423 e. The van der Waals surface area contributed by atoms with Gasteiger partial charge in [0.1, 0.15) is 11.3 Å². The van der Waals surface area contributed by atoms with Gasteiger partial charge in [0.2, 0.25) is 0 Å². The molecule has 2 aliphatic rings. The molecule has 1 N–H and O–H groups in total. The van der Waals surface area contributed by atoms with E-state index in [-0.39, 0.29) is 5.82 Å². The normalized spacial score (nSPS) is 17.3. The van der Waals surface area contributed by atoms with Gasteiger partial charge < -0.3 is 23.9 Å². The maximum absolute atomic E-state index is 13.8. The molecule has 2 aromatic carbocycles. The standard InChI is InChI=1S/C22H21FN4O2/c23-14-4-5-17-15(12-14)16-13-27(7-6-18(16)24-17)19-2-1-3-20-21(19)25-22(29-20)26-8-10-28-11-9-26/h1-5,12,24H,6-11,13H2. The van der Waals surface area contributed by atoms with Crippen molar-refractivity contribution in [2.24, 2.45) is 0 Å². The summed E-state index contributed by atoms with van der Waals surface area (Å²) < 4.78 is 25.3. The highest BCUT2D eigenvalue weighted by atomic mass is 19.1. The van der Waals surface area contributed by atoms with E-state index in [1.54, 1.807) is 6.07 Å². The van der Waals surface area contributed by atoms with Crippen molar-refractivity contribution in [3.05, 3.63) is 53.5 Å². The second-order valence-corrected chi connectivity index (χ2v) is 7.66. The molecule has 1 fully saturated rings. The quantitative estimate of drug-likeness (QED) is 0.562. The van der Waals surface area contributed by atoms with Crippen LogP contribution < -0.4 is 9.80 Å². The molecule has 0 amide bonds. The van der Waals surface area contributed by atoms with Crippen LogP contribution in [-0.2, 0) is 17.7 Å². The summed E-state index contributed by atoms with van der Waals surface area (Å²) in [6.07, 6.45) is 0.885. The monoisotopic (exact) mass is 392 g/mol. The van der Waals surface area contributed by atoms with E-state index >= 15 is 0 Å². The Bertz CT molecular complexity index is 1210. The molecule has 6 nitrogen and oxygen atoms in total. The van der Waals surface area contributed by atoms with Crippen LogP contribution in [0.4, 0.5) is 16.1 Å². The third-order valence-corrected chi connectivity index (χ3v) is 5.95. The maximum Gasteiger partial charge on any atom is 0.298 e. The van der Waals surface area contributed by atoms with Gasteiger partial charge in [-0.25, -0.2) is 4.39 Å². The highest BCUT2D eigenvalue weighted by Gasteiger charge is 2.25. The predicted molar refractivity (Wildman–Crippen MR) is 110 cm³/mol. The highest BCUT2D eigenvalue weighted by Crippen LogP contribution is 2.35. The molecule has 2 aromatic heterocycles. The lowest BCUT2D eigenvalue weighted by atomic mass is 10.0. The van der Waals surface area contributed by atoms with Gasteiger partial charge in [0.05, 0.1) is 18.9 Å². The van der Waals surface area contributed by atoms with Crippen LogP contribution in [0.3, 0.4) is 0 Å². The number of fused-ring (bicyclic) bond motifs is 4. The summed E-state index contributed by atoms with van der Waals surface area (Å²) in [6.45, 7) is 4.56. The summed E-state index contributed by atoms with van der Waals surface area (Å²) in [5, 5.41) is 0.964. The zero-order valence-corrected chi connectivity index (χ0v) is 15.9. The number of aromatic amines is 1. The van der Waals surface area contributed by atoms with E-state index in [1.165, 1.54) is 17.3 Å². The Balaban J connectivity index is 1.39. The number of para-hydroxylation sites is 1. The molecular formula is C22H21FN4O2. The van der Waals surface area contributed by atoms with E-state index in [9.17, 15) is 4.39 Å². The first kappa shape index (κ1) is 16.9. The van der Waals surface area contributed by atoms with Gasteiger partial charge in [0, 0.05) is 54.8 Å². The van der Waals surface area contributed by atoms with Crippen molar-refractivity contribution in [2.45, 2.75) is 13.0 Å². The van der Waals surface area contributed by atoms with E-state index in [1.807, 2.05) is 18.2 Å². The first-order valence-electron chi connectivity index (χ1n) is 10.0. The lowest BCUT2D eigenvalue weighted by Gasteiger charge is -2.29. The third-order valence-electron chi connectivity index (χ3n) is 5.95. The van der Waals surface area contributed by atoms with Crippen molar-refractivity contribution in [3.8, 4) is 0 Å². The number of hydrogen-bond acceptors (Lipinski definition) is 5. The summed E-state index contributed by atoms with van der Waals surface area (Å²) in [7, 11) is 0. The third kappa shape index (κ3) is 2.76. The lowest BCUT2D eigenvalue weighted by molar-refractivity contribution is 0.120. The number of morpholine rings is 1. The van der Waals surface area contributed by atoms with Crippen LogP contribution in [0.1, 0.15) is 11.3 Å². The molecule has 4 heterocycles. The Morgan fingerprint density at radius 1 is 1.03 bits per heavy atom. The van der Waals surface area contributed by atoms with Crippen LogP contribution in [0.25, 0.3) is 22.0 Å². The zero-order chi connectivity index (χ0) is 19.4. The van der Waals surface area contributed by atoms with Gasteiger partial charge in [-0.3, -0.25) is 0 Å². The van der Waals surface area contributed by atoms with Crippen molar-refractivity contribution >= 4 is 33.7 Å². The molecule has 0 unspecified atom stereocenters. The summed E-state index contributed by atoms with van der Waals surface area (Å²) in [5.41, 5.74) is 6.08. The number of oxazole rings is 1. The fraction of sp³-hybridized carbons (Fsp3) is 0.318. The number of ether oxygens (including phenoxy) is 1. The van der Waals surface area contributed by atoms with Gasteiger partial charge in [0.25, 0.3) is 6.01 Å². The predicted octanol–water partition coefficient (Wildman–Crippen LogP) is 3.85. The van der Waals surface area contributed by atoms with Gasteiger partial charge >= 0.3 is 0 Å². The molecule has 0 atom stereocenters. The molecule has 1 saturated heterocycles. The Hall–Kier alpha value is -3.06. The SMILES string of the molecule is Fc1ccc2[nH]c3c(c2c1)CN(c1cccc2oc(N4CCOCC4)nc12)CC3. The fourth-order valence-corrected chi connectivity index (χ4v) is 4.46. The number of anilines is 2. The average molecular weight is 392 g/mol. The molecule has 0 spiro atoms. The van der Waals surface area contributed by atoms with Gasteiger partial charge in [-0.15, -0.1) is 0 Å². The first-order chi connectivity index (χ1) is 14.3. The van der Waals surface area contributed by atoms with Crippen LogP contribution in [0.2, 0.25) is 0 Å². The van der Waals surface area contributed by atoms with Gasteiger partial charge in [-0.2, -0.15) is 4.98 Å². The van der Waals surface area contributed by atoms with Gasteiger partial charge in [-0.05, 0) is 30.3 Å². The molecule has 0 radical (unpaired) electrons. The fourth-order valence-electron chi connectivity index (χ4n) is 4.46. The van der Waals surface area contributed by atoms with Gasteiger partial charge in [-0.1, -0.05) is 6.07 Å². The molecule has 0 aliphatic carbocycles. The molecule has 6 rings (SSSR count). The minimum atomic E-state index is -0.204. The zero-order valence-electron chi connectivity index (χ0n) is 15.9. The number of halogens is 1. The van der Waals surface area contributed by atoms with E-state index in [4.69, 9.17) is 14.1 Å². The summed E-state index contributed by atoms with van der Waals surface area (Å²) in [4.78, 5) is 12.7. The van der Waals surface area contributed by atoms with E-state index in [0.717, 1.165) is 60.3 Å². The Labute approximate surface area is 166 Å². The van der Waals surface area contributed by atoms with Crippen molar-refractivity contribution in [1.82, 2.24) is 9.97 Å². The summed E-state index contributed by atoms with van der Waals surface area (Å²) >= 11 is 0. The van der Waals surface area contributed by atoms with Crippen molar-refractivity contribution in [3.63, 3.8) is 0 Å². The van der Waals surface area contributed by atoms with Crippen LogP contribution in [0, 0.1) is 5.82 Å². The van der Waals surface area contributed by atoms with E-state index in [2.05, 4.69) is 20.9 Å². The minimum absolute atomic E-state index is 0.204. The Morgan fingerprint density at radius 3 is 2.83 bits per heavy atom. The average Bonchev–Trinajstić information content (AvgIpc) is 3.35. The molecule has 4 aromatic rings. The van der Waals surface area contributed by atoms with Crippen molar-refractivity contribution < 1.29 is 13.5 Å². The molecular weight excluding hydrogens is 371 g/mol. The number of rotatable bonds is 2. The molecule has 7 heteroatoms. The molecule has 148 valence electrons. The molecule has 2 aliphatic heterocycles. The Kier molecular flexibility index (Phi) is 3.77. The number of benzene rings is 2. The largest absolute Gasteiger partial charge is 0.423 e. The lowest BCUT2D eigenvalue weighted by Crippen LogP contribution is -2.36. The van der Waals surface area contributed by atoms with Crippen molar-refractivity contribution in [2.75, 3.05) is 42.6 Å². The van der Waals surface area contributed by atoms with Crippen molar-refractivity contribution in [1.29, 1.82) is 0 Å². The topological polar surface area (TPSA) is 57.5 Å². The molecule has 0 bridgehead atoms. The molecule has 0 saturated carbocycles. The van der Waals surface area contributed by atoms with Crippen LogP contribution in [-0.4, -0.2) is 42.8 Å². The van der Waals surface area contributed by atoms with Gasteiger partial charge in [0.15, 0.2) is 5.58 Å². The number of nitrogens with zero attached hydrogens (tertiary/aromatic N) is 3. The number of hydrogen-bond donors (Lipinski definition) is 1. The second kappa shape index (κ2) is 6.49. The number of nitrogens with one attached hydrogen (secondary N) is 1.